The van der Waals surface area contributed by atoms with Gasteiger partial charge in [0.25, 0.3) is 0 Å². The molecule has 8 amide bonds. The zero-order valence-corrected chi connectivity index (χ0v) is 39.1. The van der Waals surface area contributed by atoms with Crippen molar-refractivity contribution in [3.05, 3.63) is 114 Å². The van der Waals surface area contributed by atoms with Crippen molar-refractivity contribution in [3.63, 3.8) is 0 Å². The molecule has 20 heteroatoms. The number of allylic oxidation sites excluding steroid dienone is 1. The Morgan fingerprint density at radius 1 is 0.768 bits per heavy atom. The molecule has 1 heterocycles. The normalized spacial score (nSPS) is 22.9. The molecule has 2 saturated carbocycles. The summed E-state index contributed by atoms with van der Waals surface area (Å²) in [4.78, 5) is 81.9. The molecule has 3 aromatic carbocycles. The van der Waals surface area contributed by atoms with E-state index in [1.54, 1.807) is 24.3 Å². The lowest BCUT2D eigenvalue weighted by Crippen LogP contribution is -2.41. The zero-order chi connectivity index (χ0) is 49.4. The van der Waals surface area contributed by atoms with Crippen LogP contribution in [0.4, 0.5) is 41.9 Å². The van der Waals surface area contributed by atoms with Crippen molar-refractivity contribution in [2.24, 2.45) is 27.6 Å². The summed E-state index contributed by atoms with van der Waals surface area (Å²) in [6.07, 6.45) is 3.32. The molecule has 4 atom stereocenters. The smallest absolute Gasteiger partial charge is 0.319 e. The zero-order valence-electron chi connectivity index (χ0n) is 39.1. The predicted molar refractivity (Wildman–Crippen MR) is 259 cm³/mol. The number of carboxylic acid groups (broad SMARTS) is 2. The minimum Gasteiger partial charge on any atom is -0.481 e. The summed E-state index contributed by atoms with van der Waals surface area (Å²) in [6, 6.07) is 6.50. The number of benzene rings is 3. The molecular weight excluding hydrogens is 885 g/mol. The lowest BCUT2D eigenvalue weighted by Gasteiger charge is -2.38. The van der Waals surface area contributed by atoms with Crippen LogP contribution in [0.1, 0.15) is 97.5 Å². The Morgan fingerprint density at radius 2 is 1.33 bits per heavy atom. The van der Waals surface area contributed by atoms with Crippen LogP contribution in [0, 0.1) is 16.7 Å². The van der Waals surface area contributed by atoms with Gasteiger partial charge in [0.15, 0.2) is 0 Å². The number of carbonyl (C=O) groups excluding carboxylic acids is 4. The maximum absolute atomic E-state index is 13.9. The van der Waals surface area contributed by atoms with Crippen LogP contribution < -0.4 is 48.3 Å². The molecule has 3 unspecified atom stereocenters. The lowest BCUT2D eigenvalue weighted by atomic mass is 9.67. The quantitative estimate of drug-likeness (QED) is 0.0398. The van der Waals surface area contributed by atoms with E-state index in [9.17, 15) is 39.0 Å². The molecule has 4 bridgehead atoms. The number of hydrogen-bond acceptors (Lipinski definition) is 8. The van der Waals surface area contributed by atoms with Crippen LogP contribution in [0.5, 0.6) is 0 Å². The number of carbonyl (C=O) groups is 6. The van der Waals surface area contributed by atoms with Gasteiger partial charge in [-0.2, -0.15) is 0 Å². The van der Waals surface area contributed by atoms with Gasteiger partial charge >= 0.3 is 36.1 Å². The molecule has 69 heavy (non-hydrogen) atoms. The summed E-state index contributed by atoms with van der Waals surface area (Å²) in [6.45, 7) is 8.95. The van der Waals surface area contributed by atoms with Crippen molar-refractivity contribution in [3.8, 4) is 0 Å². The van der Waals surface area contributed by atoms with E-state index in [4.69, 9.17) is 11.3 Å². The van der Waals surface area contributed by atoms with Crippen molar-refractivity contribution in [2.75, 3.05) is 40.9 Å². The molecular formula is C49H58N12O8. The van der Waals surface area contributed by atoms with E-state index in [2.05, 4.69) is 59.5 Å². The van der Waals surface area contributed by atoms with Crippen LogP contribution in [-0.2, 0) is 54.8 Å². The van der Waals surface area contributed by atoms with Crippen LogP contribution in [0.2, 0.25) is 0 Å². The van der Waals surface area contributed by atoms with E-state index in [0.717, 1.165) is 68.5 Å². The Kier molecular flexibility index (Phi) is 13.3. The molecule has 0 saturated heterocycles. The summed E-state index contributed by atoms with van der Waals surface area (Å²) in [5.41, 5.74) is 26.1. The number of nitrogens with one attached hydrogen (secondary N) is 8. The SMILES string of the molecule is CCc1c2c(CC)c3c(c1CN)CC3NC(=O)Nc1cc(CC(=O)O)ccc1NC(=O)NCC1=C(C)C34CC3[C@]4(CCCN=[N+]=[N-])C(=C1C)CNC(=O)Nc1ccc(CC(=O)O)cc1NC(=O)NC2. The third kappa shape index (κ3) is 8.88. The molecule has 3 aromatic rings. The van der Waals surface area contributed by atoms with Crippen molar-refractivity contribution in [1.82, 2.24) is 21.3 Å². The van der Waals surface area contributed by atoms with Gasteiger partial charge in [0.05, 0.1) is 41.6 Å². The molecule has 0 radical (unpaired) electrons. The third-order valence-electron chi connectivity index (χ3n) is 15.0. The largest absolute Gasteiger partial charge is 0.481 e. The summed E-state index contributed by atoms with van der Waals surface area (Å²) in [5.74, 6) is -1.84. The van der Waals surface area contributed by atoms with Gasteiger partial charge in [-0.25, -0.2) is 19.2 Å². The van der Waals surface area contributed by atoms with E-state index in [1.165, 1.54) is 12.1 Å². The highest BCUT2D eigenvalue weighted by Crippen LogP contribution is 2.95. The second-order valence-electron chi connectivity index (χ2n) is 18.4. The standard InChI is InChI=1S/C49H58N12O8/c1-5-28-31(20-50)30-18-39-43(30)29(6-2)33(28)22-53-45(67)58-37-14-26(16-41(62)63)8-10-35(37)57-46(68)54-23-34-24(3)32(25(4)49-19-40(49)48(34,49)12-7-13-55-61-51)21-52-44(66)56-36-11-9-27(17-42(64)65)15-38(36)59-47(69)60-39/h8-11,14-15,39-40H,5-7,12-13,16-23,50H2,1-4H3,(H,62,63)(H,64,65)(H2,52,56,66)(H2,53,58,67)(H2,54,57,68)(H2,59,60,69)/t39?,40?,48-,49?/m0/s1. The Balaban J connectivity index is 1.16. The number of amides is 8. The fourth-order valence-corrected chi connectivity index (χ4v) is 11.8. The van der Waals surface area contributed by atoms with Gasteiger partial charge in [-0.05, 0) is 149 Å². The molecule has 20 nitrogen and oxygen atoms in total. The minimum atomic E-state index is -1.07. The fraction of sp³-hybridized carbons (Fsp3) is 0.429. The summed E-state index contributed by atoms with van der Waals surface area (Å²) in [7, 11) is 0. The number of anilines is 4. The van der Waals surface area contributed by atoms with Gasteiger partial charge in [0, 0.05) is 48.5 Å². The molecule has 362 valence electrons. The topological polar surface area (TPSA) is 314 Å². The third-order valence-corrected chi connectivity index (χ3v) is 15.0. The first-order valence-electron chi connectivity index (χ1n) is 23.3. The molecule has 2 fully saturated rings. The number of nitrogens with zero attached hydrogens (tertiary/aromatic N) is 3. The Bertz CT molecular complexity index is 2820. The van der Waals surface area contributed by atoms with Gasteiger partial charge in [-0.1, -0.05) is 36.7 Å². The van der Waals surface area contributed by atoms with Gasteiger partial charge in [-0.15, -0.1) is 0 Å². The summed E-state index contributed by atoms with van der Waals surface area (Å²) >= 11 is 0. The van der Waals surface area contributed by atoms with Gasteiger partial charge in [-0.3, -0.25) is 9.59 Å². The predicted octanol–water partition coefficient (Wildman–Crippen LogP) is 7.26. The van der Waals surface area contributed by atoms with E-state index in [-0.39, 0.29) is 72.6 Å². The second-order valence-corrected chi connectivity index (χ2v) is 18.4. The lowest BCUT2D eigenvalue weighted by molar-refractivity contribution is -0.137. The number of carboxylic acids is 2. The van der Waals surface area contributed by atoms with E-state index in [0.29, 0.717) is 49.3 Å². The van der Waals surface area contributed by atoms with Crippen molar-refractivity contribution < 1.29 is 39.0 Å². The number of azide groups is 1. The van der Waals surface area contributed by atoms with Crippen molar-refractivity contribution in [1.29, 1.82) is 0 Å². The van der Waals surface area contributed by atoms with Crippen LogP contribution in [0.3, 0.4) is 0 Å². The van der Waals surface area contributed by atoms with E-state index in [1.807, 2.05) is 20.8 Å². The van der Waals surface area contributed by atoms with Crippen LogP contribution in [0.15, 0.2) is 63.8 Å². The average Bonchev–Trinajstić information content (AvgIpc) is 4.19. The molecule has 5 aliphatic rings. The van der Waals surface area contributed by atoms with Crippen LogP contribution in [0.25, 0.3) is 10.4 Å². The first kappa shape index (κ1) is 47.9. The maximum atomic E-state index is 13.9. The van der Waals surface area contributed by atoms with E-state index >= 15 is 0 Å². The minimum absolute atomic E-state index is 0.0837. The number of fused-ring (bicyclic) bond motifs is 6. The summed E-state index contributed by atoms with van der Waals surface area (Å²) in [5, 5.41) is 46.4. The molecule has 12 N–H and O–H groups in total. The number of urea groups is 4. The second kappa shape index (κ2) is 19.2. The molecule has 1 spiro atoms. The number of aliphatic carboxylic acids is 2. The highest BCUT2D eigenvalue weighted by atomic mass is 16.4. The van der Waals surface area contributed by atoms with Crippen molar-refractivity contribution in [2.45, 2.75) is 98.2 Å². The molecule has 0 aromatic heterocycles. The Labute approximate surface area is 398 Å². The van der Waals surface area contributed by atoms with Crippen LogP contribution >= 0.6 is 0 Å². The number of rotatable bonds is 11. The first-order valence-corrected chi connectivity index (χ1v) is 23.3. The van der Waals surface area contributed by atoms with Crippen LogP contribution in [-0.4, -0.2) is 65.9 Å². The molecule has 1 aliphatic heterocycles. The van der Waals surface area contributed by atoms with E-state index < -0.39 is 42.1 Å². The van der Waals surface area contributed by atoms with Gasteiger partial charge in [0.2, 0.25) is 0 Å². The number of nitrogens with two attached hydrogens (primary N) is 1. The highest BCUT2D eigenvalue weighted by Gasteiger charge is 2.90. The van der Waals surface area contributed by atoms with Crippen molar-refractivity contribution >= 4 is 58.8 Å². The average molecular weight is 943 g/mol. The Morgan fingerprint density at radius 3 is 1.88 bits per heavy atom. The monoisotopic (exact) mass is 942 g/mol. The first-order chi connectivity index (χ1) is 33.1. The fourth-order valence-electron chi connectivity index (χ4n) is 11.8. The summed E-state index contributed by atoms with van der Waals surface area (Å²) < 4.78 is 0. The number of hydrogen-bond donors (Lipinski definition) is 11. The maximum Gasteiger partial charge on any atom is 0.319 e. The Hall–Kier alpha value is -7.57. The van der Waals surface area contributed by atoms with Gasteiger partial charge < -0.3 is 58.5 Å². The highest BCUT2D eigenvalue weighted by molar-refractivity contribution is 6.00. The van der Waals surface area contributed by atoms with Gasteiger partial charge in [0.1, 0.15) is 0 Å². The molecule has 8 rings (SSSR count). The molecule has 4 aliphatic carbocycles.